The lowest BCUT2D eigenvalue weighted by molar-refractivity contribution is 0.653. The van der Waals surface area contributed by atoms with Crippen molar-refractivity contribution in [3.05, 3.63) is 47.9 Å². The van der Waals surface area contributed by atoms with Gasteiger partial charge < -0.3 is 5.32 Å². The van der Waals surface area contributed by atoms with Gasteiger partial charge in [0.15, 0.2) is 0 Å². The van der Waals surface area contributed by atoms with Crippen LogP contribution in [0.15, 0.2) is 36.7 Å². The summed E-state index contributed by atoms with van der Waals surface area (Å²) < 4.78 is 3.87. The standard InChI is InChI=1S/C15H19N5/c1-3-16-8-12-9-17-20(10-12)11-14-13-6-4-5-7-15(13)19(2)18-14/h4-7,9-10,16H,3,8,11H2,1-2H3. The molecule has 1 N–H and O–H groups in total. The van der Waals surface area contributed by atoms with Gasteiger partial charge in [-0.3, -0.25) is 9.36 Å². The van der Waals surface area contributed by atoms with Crippen LogP contribution < -0.4 is 5.32 Å². The van der Waals surface area contributed by atoms with E-state index in [1.807, 2.05) is 34.7 Å². The van der Waals surface area contributed by atoms with E-state index in [2.05, 4.69) is 40.8 Å². The normalized spacial score (nSPS) is 11.3. The molecule has 0 aliphatic heterocycles. The second-order valence-electron chi connectivity index (χ2n) is 4.91. The van der Waals surface area contributed by atoms with E-state index >= 15 is 0 Å². The van der Waals surface area contributed by atoms with Crippen molar-refractivity contribution in [3.63, 3.8) is 0 Å². The Morgan fingerprint density at radius 1 is 1.25 bits per heavy atom. The van der Waals surface area contributed by atoms with Gasteiger partial charge in [-0.1, -0.05) is 25.1 Å². The largest absolute Gasteiger partial charge is 0.313 e. The maximum Gasteiger partial charge on any atom is 0.0918 e. The molecular weight excluding hydrogens is 250 g/mol. The molecule has 3 aromatic rings. The predicted molar refractivity (Wildman–Crippen MR) is 79.4 cm³/mol. The van der Waals surface area contributed by atoms with Crippen molar-refractivity contribution in [2.75, 3.05) is 6.54 Å². The third-order valence-corrected chi connectivity index (χ3v) is 3.41. The molecule has 0 atom stereocenters. The van der Waals surface area contributed by atoms with Gasteiger partial charge in [-0.2, -0.15) is 10.2 Å². The quantitative estimate of drug-likeness (QED) is 0.770. The van der Waals surface area contributed by atoms with Gasteiger partial charge in [-0.05, 0) is 12.6 Å². The van der Waals surface area contributed by atoms with Crippen LogP contribution in [-0.2, 0) is 20.1 Å². The van der Waals surface area contributed by atoms with Crippen LogP contribution in [0.2, 0.25) is 0 Å². The molecule has 5 heteroatoms. The average molecular weight is 269 g/mol. The molecule has 5 nitrogen and oxygen atoms in total. The summed E-state index contributed by atoms with van der Waals surface area (Å²) >= 11 is 0. The third-order valence-electron chi connectivity index (χ3n) is 3.41. The van der Waals surface area contributed by atoms with E-state index in [1.54, 1.807) is 0 Å². The molecule has 0 saturated heterocycles. The Balaban J connectivity index is 1.84. The fourth-order valence-electron chi connectivity index (χ4n) is 2.41. The van der Waals surface area contributed by atoms with Gasteiger partial charge in [0.05, 0.1) is 24.0 Å². The molecule has 0 radical (unpaired) electrons. The summed E-state index contributed by atoms with van der Waals surface area (Å²) in [5.74, 6) is 0. The molecule has 1 aromatic carbocycles. The van der Waals surface area contributed by atoms with Crippen molar-refractivity contribution in [2.45, 2.75) is 20.0 Å². The predicted octanol–water partition coefficient (Wildman–Crippen LogP) is 1.93. The second-order valence-corrected chi connectivity index (χ2v) is 4.91. The first kappa shape index (κ1) is 12.9. The summed E-state index contributed by atoms with van der Waals surface area (Å²) in [6.07, 6.45) is 3.99. The van der Waals surface area contributed by atoms with Crippen LogP contribution in [0.25, 0.3) is 10.9 Å². The van der Waals surface area contributed by atoms with Crippen molar-refractivity contribution in [1.29, 1.82) is 0 Å². The fraction of sp³-hybridized carbons (Fsp3) is 0.333. The summed E-state index contributed by atoms with van der Waals surface area (Å²) in [6.45, 7) is 4.63. The van der Waals surface area contributed by atoms with Crippen LogP contribution >= 0.6 is 0 Å². The number of benzene rings is 1. The summed E-state index contributed by atoms with van der Waals surface area (Å²) in [5.41, 5.74) is 3.41. The number of hydrogen-bond acceptors (Lipinski definition) is 3. The molecule has 0 fully saturated rings. The van der Waals surface area contributed by atoms with Crippen LogP contribution in [0.3, 0.4) is 0 Å². The molecule has 0 unspecified atom stereocenters. The van der Waals surface area contributed by atoms with Crippen LogP contribution in [0.4, 0.5) is 0 Å². The molecule has 2 heterocycles. The highest BCUT2D eigenvalue weighted by molar-refractivity contribution is 5.81. The van der Waals surface area contributed by atoms with Crippen LogP contribution in [-0.4, -0.2) is 26.1 Å². The highest BCUT2D eigenvalue weighted by Crippen LogP contribution is 2.18. The Morgan fingerprint density at radius 3 is 2.95 bits per heavy atom. The smallest absolute Gasteiger partial charge is 0.0918 e. The monoisotopic (exact) mass is 269 g/mol. The van der Waals surface area contributed by atoms with Gasteiger partial charge in [0, 0.05) is 30.7 Å². The van der Waals surface area contributed by atoms with Gasteiger partial charge >= 0.3 is 0 Å². The third kappa shape index (κ3) is 2.44. The lowest BCUT2D eigenvalue weighted by Gasteiger charge is -1.99. The van der Waals surface area contributed by atoms with Gasteiger partial charge in [-0.25, -0.2) is 0 Å². The van der Waals surface area contributed by atoms with Crippen LogP contribution in [0.5, 0.6) is 0 Å². The molecule has 0 bridgehead atoms. The van der Waals surface area contributed by atoms with Gasteiger partial charge in [0.2, 0.25) is 0 Å². The van der Waals surface area contributed by atoms with Crippen molar-refractivity contribution in [2.24, 2.45) is 7.05 Å². The summed E-state index contributed by atoms with van der Waals surface area (Å²) in [7, 11) is 1.98. The summed E-state index contributed by atoms with van der Waals surface area (Å²) in [6, 6.07) is 8.29. The summed E-state index contributed by atoms with van der Waals surface area (Å²) in [4.78, 5) is 0. The topological polar surface area (TPSA) is 47.7 Å². The molecule has 0 aliphatic rings. The number of aromatic nitrogens is 4. The Morgan fingerprint density at radius 2 is 2.10 bits per heavy atom. The van der Waals surface area contributed by atoms with E-state index in [1.165, 1.54) is 10.9 Å². The SMILES string of the molecule is CCNCc1cnn(Cc2nn(C)c3ccccc23)c1. The number of fused-ring (bicyclic) bond motifs is 1. The number of aryl methyl sites for hydroxylation is 1. The van der Waals surface area contributed by atoms with E-state index < -0.39 is 0 Å². The first-order valence-electron chi connectivity index (χ1n) is 6.90. The Bertz CT molecular complexity index is 710. The zero-order chi connectivity index (χ0) is 13.9. The van der Waals surface area contributed by atoms with Crippen LogP contribution in [0, 0.1) is 0 Å². The number of nitrogens with one attached hydrogen (secondary N) is 1. The van der Waals surface area contributed by atoms with Crippen LogP contribution in [0.1, 0.15) is 18.2 Å². The molecule has 0 spiro atoms. The maximum absolute atomic E-state index is 4.60. The average Bonchev–Trinajstić information content (AvgIpc) is 3.03. The maximum atomic E-state index is 4.60. The van der Waals surface area contributed by atoms with Gasteiger partial charge in [-0.15, -0.1) is 0 Å². The Hall–Kier alpha value is -2.14. The fourth-order valence-corrected chi connectivity index (χ4v) is 2.41. The Kier molecular flexibility index (Phi) is 3.52. The zero-order valence-corrected chi connectivity index (χ0v) is 11.9. The minimum atomic E-state index is 0.702. The molecule has 3 rings (SSSR count). The first-order valence-corrected chi connectivity index (χ1v) is 6.90. The lowest BCUT2D eigenvalue weighted by atomic mass is 10.2. The number of hydrogen-bond donors (Lipinski definition) is 1. The van der Waals surface area contributed by atoms with Crippen molar-refractivity contribution in [3.8, 4) is 0 Å². The minimum absolute atomic E-state index is 0.702. The van der Waals surface area contributed by atoms with Crippen molar-refractivity contribution >= 4 is 10.9 Å². The van der Waals surface area contributed by atoms with Gasteiger partial charge in [0.1, 0.15) is 0 Å². The van der Waals surface area contributed by atoms with Crippen molar-refractivity contribution < 1.29 is 0 Å². The molecule has 2 aromatic heterocycles. The molecule has 0 amide bonds. The van der Waals surface area contributed by atoms with Crippen molar-refractivity contribution in [1.82, 2.24) is 24.9 Å². The van der Waals surface area contributed by atoms with E-state index in [-0.39, 0.29) is 0 Å². The molecule has 104 valence electrons. The molecular formula is C15H19N5. The molecule has 0 saturated carbocycles. The highest BCUT2D eigenvalue weighted by Gasteiger charge is 2.09. The first-order chi connectivity index (χ1) is 9.78. The summed E-state index contributed by atoms with van der Waals surface area (Å²) in [5, 5.41) is 13.5. The van der Waals surface area contributed by atoms with E-state index in [0.29, 0.717) is 6.54 Å². The van der Waals surface area contributed by atoms with E-state index in [0.717, 1.165) is 24.3 Å². The number of para-hydroxylation sites is 1. The van der Waals surface area contributed by atoms with Gasteiger partial charge in [0.25, 0.3) is 0 Å². The zero-order valence-electron chi connectivity index (χ0n) is 11.9. The van der Waals surface area contributed by atoms with E-state index in [4.69, 9.17) is 0 Å². The lowest BCUT2D eigenvalue weighted by Crippen LogP contribution is -2.11. The van der Waals surface area contributed by atoms with E-state index in [9.17, 15) is 0 Å². The molecule has 0 aliphatic carbocycles. The highest BCUT2D eigenvalue weighted by atomic mass is 15.3. The minimum Gasteiger partial charge on any atom is -0.313 e. The Labute approximate surface area is 118 Å². The second kappa shape index (κ2) is 5.46. The molecule has 20 heavy (non-hydrogen) atoms. The number of rotatable bonds is 5. The number of nitrogens with zero attached hydrogens (tertiary/aromatic N) is 4.